The van der Waals surface area contributed by atoms with Gasteiger partial charge in [0.1, 0.15) is 5.69 Å². The lowest BCUT2D eigenvalue weighted by molar-refractivity contribution is 0.144. The van der Waals surface area contributed by atoms with E-state index in [1.165, 1.54) is 7.11 Å². The number of aromatic nitrogens is 1. The van der Waals surface area contributed by atoms with Crippen molar-refractivity contribution in [2.24, 2.45) is 0 Å². The zero-order valence-corrected chi connectivity index (χ0v) is 8.82. The molecule has 1 aromatic rings. The number of halogens is 4. The molecule has 0 unspecified atom stereocenters. The third kappa shape index (κ3) is 2.00. The highest BCUT2D eigenvalue weighted by atomic mass is 79.9. The second-order valence-electron chi connectivity index (χ2n) is 2.44. The number of ether oxygens (including phenoxy) is 1. The van der Waals surface area contributed by atoms with Gasteiger partial charge in [0.2, 0.25) is 0 Å². The summed E-state index contributed by atoms with van der Waals surface area (Å²) in [6, 6.07) is 0. The molecule has 14 heavy (non-hydrogen) atoms. The van der Waals surface area contributed by atoms with Crippen molar-refractivity contribution < 1.29 is 17.9 Å². The van der Waals surface area contributed by atoms with Gasteiger partial charge in [0, 0.05) is 10.9 Å². The van der Waals surface area contributed by atoms with E-state index in [0.717, 1.165) is 6.20 Å². The Labute approximate surface area is 87.2 Å². The normalized spacial score (nSPS) is 10.7. The maximum absolute atomic E-state index is 13.0. The highest BCUT2D eigenvalue weighted by Gasteiger charge is 2.20. The van der Waals surface area contributed by atoms with Crippen molar-refractivity contribution in [2.45, 2.75) is 11.8 Å². The van der Waals surface area contributed by atoms with Crippen LogP contribution >= 0.6 is 15.9 Å². The van der Waals surface area contributed by atoms with E-state index in [4.69, 9.17) is 0 Å². The van der Waals surface area contributed by atoms with Crippen LogP contribution in [0.1, 0.15) is 17.7 Å². The van der Waals surface area contributed by atoms with Gasteiger partial charge in [-0.3, -0.25) is 4.98 Å². The molecule has 0 aliphatic carbocycles. The van der Waals surface area contributed by atoms with Gasteiger partial charge in [0.25, 0.3) is 6.43 Å². The predicted octanol–water partition coefficient (Wildman–Crippen LogP) is 3.06. The van der Waals surface area contributed by atoms with E-state index in [-0.39, 0.29) is 16.6 Å². The Morgan fingerprint density at radius 2 is 2.21 bits per heavy atom. The maximum Gasteiger partial charge on any atom is 0.280 e. The summed E-state index contributed by atoms with van der Waals surface area (Å²) in [5.41, 5.74) is -0.414. The first-order chi connectivity index (χ1) is 6.61. The van der Waals surface area contributed by atoms with E-state index < -0.39 is 17.9 Å². The average Bonchev–Trinajstić information content (AvgIpc) is 2.16. The molecular formula is C8H7BrF3NO. The number of nitrogens with zero attached hydrogens (tertiary/aromatic N) is 1. The number of hydrogen-bond donors (Lipinski definition) is 0. The summed E-state index contributed by atoms with van der Waals surface area (Å²) in [6.07, 6.45) is -2.01. The lowest BCUT2D eigenvalue weighted by Crippen LogP contribution is -2.02. The lowest BCUT2D eigenvalue weighted by atomic mass is 10.2. The van der Waals surface area contributed by atoms with E-state index in [9.17, 15) is 13.2 Å². The predicted molar refractivity (Wildman–Crippen MR) is 48.3 cm³/mol. The van der Waals surface area contributed by atoms with Gasteiger partial charge in [-0.25, -0.2) is 13.2 Å². The highest BCUT2D eigenvalue weighted by molar-refractivity contribution is 9.08. The molecule has 0 aliphatic rings. The summed E-state index contributed by atoms with van der Waals surface area (Å²) in [6.45, 7) is 0. The summed E-state index contributed by atoms with van der Waals surface area (Å²) in [5.74, 6) is -0.932. The van der Waals surface area contributed by atoms with Crippen molar-refractivity contribution in [1.29, 1.82) is 0 Å². The summed E-state index contributed by atoms with van der Waals surface area (Å²) in [4.78, 5) is 3.32. The zero-order chi connectivity index (χ0) is 10.7. The fraction of sp³-hybridized carbons (Fsp3) is 0.375. The van der Waals surface area contributed by atoms with E-state index in [1.54, 1.807) is 0 Å². The molecular weight excluding hydrogens is 263 g/mol. The van der Waals surface area contributed by atoms with Crippen LogP contribution in [0.15, 0.2) is 6.20 Å². The molecule has 2 nitrogen and oxygen atoms in total. The monoisotopic (exact) mass is 269 g/mol. The highest BCUT2D eigenvalue weighted by Crippen LogP contribution is 2.31. The van der Waals surface area contributed by atoms with Gasteiger partial charge in [0.15, 0.2) is 11.6 Å². The largest absolute Gasteiger partial charge is 0.493 e. The molecule has 1 heterocycles. The molecule has 1 aromatic heterocycles. The third-order valence-electron chi connectivity index (χ3n) is 1.66. The Kier molecular flexibility index (Phi) is 3.74. The van der Waals surface area contributed by atoms with Crippen LogP contribution in [0.5, 0.6) is 5.75 Å². The second-order valence-corrected chi connectivity index (χ2v) is 3.00. The third-order valence-corrected chi connectivity index (χ3v) is 2.22. The van der Waals surface area contributed by atoms with E-state index in [0.29, 0.717) is 0 Å². The summed E-state index contributed by atoms with van der Waals surface area (Å²) in [5, 5.41) is 0.0700. The first kappa shape index (κ1) is 11.3. The Morgan fingerprint density at radius 3 is 2.64 bits per heavy atom. The summed E-state index contributed by atoms with van der Waals surface area (Å²) < 4.78 is 42.5. The minimum absolute atomic E-state index is 0.0440. The Morgan fingerprint density at radius 1 is 1.57 bits per heavy atom. The van der Waals surface area contributed by atoms with E-state index >= 15 is 0 Å². The standard InChI is InChI=1S/C8H7BrF3NO/c1-14-7-4(2-9)6(8(11)12)13-3-5(7)10/h3,8H,2H2,1H3. The SMILES string of the molecule is COc1c(F)cnc(C(F)F)c1CBr. The van der Waals surface area contributed by atoms with Crippen LogP contribution in [0.2, 0.25) is 0 Å². The van der Waals surface area contributed by atoms with Crippen LogP contribution in [-0.2, 0) is 5.33 Å². The van der Waals surface area contributed by atoms with Crippen molar-refractivity contribution in [3.05, 3.63) is 23.3 Å². The van der Waals surface area contributed by atoms with Crippen LogP contribution in [0, 0.1) is 5.82 Å². The van der Waals surface area contributed by atoms with Crippen molar-refractivity contribution in [3.8, 4) is 5.75 Å². The smallest absolute Gasteiger partial charge is 0.280 e. The van der Waals surface area contributed by atoms with Gasteiger partial charge in [-0.05, 0) is 0 Å². The maximum atomic E-state index is 13.0. The molecule has 6 heteroatoms. The molecule has 0 fully saturated rings. The summed E-state index contributed by atoms with van der Waals surface area (Å²) >= 11 is 2.98. The molecule has 0 aliphatic heterocycles. The number of alkyl halides is 3. The van der Waals surface area contributed by atoms with Crippen LogP contribution in [0.25, 0.3) is 0 Å². The van der Waals surface area contributed by atoms with E-state index in [1.807, 2.05) is 0 Å². The first-order valence-electron chi connectivity index (χ1n) is 3.67. The van der Waals surface area contributed by atoms with Crippen molar-refractivity contribution in [2.75, 3.05) is 7.11 Å². The Balaban J connectivity index is 3.33. The quantitative estimate of drug-likeness (QED) is 0.787. The number of pyridine rings is 1. The van der Waals surface area contributed by atoms with Gasteiger partial charge in [-0.2, -0.15) is 0 Å². The molecule has 0 radical (unpaired) electrons. The zero-order valence-electron chi connectivity index (χ0n) is 7.23. The molecule has 78 valence electrons. The van der Waals surface area contributed by atoms with E-state index in [2.05, 4.69) is 25.7 Å². The molecule has 0 aromatic carbocycles. The molecule has 1 rings (SSSR count). The van der Waals surface area contributed by atoms with Gasteiger partial charge < -0.3 is 4.74 Å². The van der Waals surface area contributed by atoms with Gasteiger partial charge in [0.05, 0.1) is 13.3 Å². The van der Waals surface area contributed by atoms with Crippen molar-refractivity contribution in [1.82, 2.24) is 4.98 Å². The molecule has 0 N–H and O–H groups in total. The average molecular weight is 270 g/mol. The van der Waals surface area contributed by atoms with Crippen molar-refractivity contribution in [3.63, 3.8) is 0 Å². The number of methoxy groups -OCH3 is 1. The van der Waals surface area contributed by atoms with Crippen molar-refractivity contribution >= 4 is 15.9 Å². The van der Waals surface area contributed by atoms with Gasteiger partial charge in [-0.1, -0.05) is 15.9 Å². The fourth-order valence-corrected chi connectivity index (χ4v) is 1.60. The van der Waals surface area contributed by atoms with Gasteiger partial charge in [-0.15, -0.1) is 0 Å². The summed E-state index contributed by atoms with van der Waals surface area (Å²) in [7, 11) is 1.22. The number of hydrogen-bond acceptors (Lipinski definition) is 2. The Hall–Kier alpha value is -0.780. The molecule has 0 bridgehead atoms. The lowest BCUT2D eigenvalue weighted by Gasteiger charge is -2.10. The molecule has 0 saturated heterocycles. The molecule has 0 spiro atoms. The first-order valence-corrected chi connectivity index (χ1v) is 4.79. The van der Waals surface area contributed by atoms with Crippen LogP contribution in [0.3, 0.4) is 0 Å². The van der Waals surface area contributed by atoms with Crippen LogP contribution < -0.4 is 4.74 Å². The minimum Gasteiger partial charge on any atom is -0.493 e. The molecule has 0 saturated carbocycles. The number of rotatable bonds is 3. The second kappa shape index (κ2) is 4.63. The minimum atomic E-state index is -2.74. The van der Waals surface area contributed by atoms with Gasteiger partial charge >= 0.3 is 0 Å². The van der Waals surface area contributed by atoms with Crippen LogP contribution in [-0.4, -0.2) is 12.1 Å². The fourth-order valence-electron chi connectivity index (χ4n) is 1.06. The Bertz CT molecular complexity index is 333. The molecule has 0 atom stereocenters. The van der Waals surface area contributed by atoms with Crippen LogP contribution in [0.4, 0.5) is 13.2 Å². The molecule has 0 amide bonds. The topological polar surface area (TPSA) is 22.1 Å².